The van der Waals surface area contributed by atoms with Crippen molar-refractivity contribution in [3.63, 3.8) is 0 Å². The van der Waals surface area contributed by atoms with Gasteiger partial charge in [0, 0.05) is 25.3 Å². The summed E-state index contributed by atoms with van der Waals surface area (Å²) in [7, 11) is 0. The Morgan fingerprint density at radius 3 is 2.53 bits per heavy atom. The Morgan fingerprint density at radius 2 is 1.88 bits per heavy atom. The molecule has 3 N–H and O–H groups in total. The number of rotatable bonds is 5. The predicted octanol–water partition coefficient (Wildman–Crippen LogP) is 1.77. The molecule has 1 aromatic carbocycles. The minimum Gasteiger partial charge on any atom is -0.385 e. The monoisotopic (exact) mass is 233 g/mol. The average Bonchev–Trinajstić information content (AvgIpc) is 2.40. The van der Waals surface area contributed by atoms with Gasteiger partial charge in [-0.3, -0.25) is 0 Å². The molecule has 1 aliphatic rings. The molecule has 0 atom stereocenters. The molecule has 1 fully saturated rings. The molecule has 0 aromatic heterocycles. The number of anilines is 1. The first kappa shape index (κ1) is 12.4. The minimum absolute atomic E-state index is 0.785. The number of piperidine rings is 1. The van der Waals surface area contributed by atoms with Crippen LogP contribution in [-0.2, 0) is 0 Å². The summed E-state index contributed by atoms with van der Waals surface area (Å²) < 4.78 is 0. The van der Waals surface area contributed by atoms with Crippen molar-refractivity contribution < 1.29 is 0 Å². The molecule has 0 aliphatic carbocycles. The molecule has 0 bridgehead atoms. The zero-order valence-corrected chi connectivity index (χ0v) is 10.4. The molecule has 1 heterocycles. The summed E-state index contributed by atoms with van der Waals surface area (Å²) in [6, 6.07) is 10.5. The van der Waals surface area contributed by atoms with E-state index < -0.39 is 0 Å². The van der Waals surface area contributed by atoms with Crippen LogP contribution in [0.4, 0.5) is 5.69 Å². The van der Waals surface area contributed by atoms with Gasteiger partial charge in [0.2, 0.25) is 0 Å². The number of para-hydroxylation sites is 1. The molecule has 1 saturated heterocycles. The molecule has 0 amide bonds. The lowest BCUT2D eigenvalue weighted by molar-refractivity contribution is 0.194. The van der Waals surface area contributed by atoms with Crippen LogP contribution in [0, 0.1) is 5.92 Å². The van der Waals surface area contributed by atoms with Crippen LogP contribution >= 0.6 is 0 Å². The largest absolute Gasteiger partial charge is 0.385 e. The summed E-state index contributed by atoms with van der Waals surface area (Å²) in [6.45, 7) is 5.35. The quantitative estimate of drug-likeness (QED) is 0.814. The molecule has 1 aliphatic heterocycles. The fourth-order valence-electron chi connectivity index (χ4n) is 2.41. The molecule has 2 rings (SSSR count). The van der Waals surface area contributed by atoms with Crippen LogP contribution in [0.1, 0.15) is 12.8 Å². The second-order valence-corrected chi connectivity index (χ2v) is 4.82. The molecule has 0 unspecified atom stereocenters. The van der Waals surface area contributed by atoms with Crippen molar-refractivity contribution in [3.8, 4) is 0 Å². The van der Waals surface area contributed by atoms with E-state index in [1.807, 2.05) is 0 Å². The summed E-state index contributed by atoms with van der Waals surface area (Å²) >= 11 is 0. The second-order valence-electron chi connectivity index (χ2n) is 4.82. The lowest BCUT2D eigenvalue weighted by Crippen LogP contribution is -2.38. The molecule has 17 heavy (non-hydrogen) atoms. The van der Waals surface area contributed by atoms with Crippen molar-refractivity contribution in [2.45, 2.75) is 12.8 Å². The van der Waals surface area contributed by atoms with Crippen LogP contribution in [-0.4, -0.2) is 37.6 Å². The summed E-state index contributed by atoms with van der Waals surface area (Å²) in [6.07, 6.45) is 2.58. The lowest BCUT2D eigenvalue weighted by atomic mass is 9.96. The molecule has 0 radical (unpaired) electrons. The van der Waals surface area contributed by atoms with Gasteiger partial charge in [-0.25, -0.2) is 0 Å². The number of nitrogens with one attached hydrogen (secondary N) is 1. The first-order valence-electron chi connectivity index (χ1n) is 6.60. The lowest BCUT2D eigenvalue weighted by Gasteiger charge is -2.31. The van der Waals surface area contributed by atoms with Crippen LogP contribution in [0.3, 0.4) is 0 Å². The highest BCUT2D eigenvalue weighted by molar-refractivity contribution is 5.42. The van der Waals surface area contributed by atoms with E-state index in [-0.39, 0.29) is 0 Å². The Morgan fingerprint density at radius 1 is 1.18 bits per heavy atom. The molecule has 3 nitrogen and oxygen atoms in total. The van der Waals surface area contributed by atoms with Crippen molar-refractivity contribution in [2.75, 3.05) is 38.0 Å². The topological polar surface area (TPSA) is 41.3 Å². The second kappa shape index (κ2) is 6.62. The summed E-state index contributed by atoms with van der Waals surface area (Å²) in [5, 5.41) is 3.52. The molecular weight excluding hydrogens is 210 g/mol. The van der Waals surface area contributed by atoms with E-state index in [0.29, 0.717) is 0 Å². The van der Waals surface area contributed by atoms with Crippen LogP contribution in [0.15, 0.2) is 30.3 Å². The van der Waals surface area contributed by atoms with E-state index >= 15 is 0 Å². The molecule has 0 saturated carbocycles. The number of hydrogen-bond acceptors (Lipinski definition) is 3. The summed E-state index contributed by atoms with van der Waals surface area (Å²) in [5.41, 5.74) is 6.81. The van der Waals surface area contributed by atoms with Crippen molar-refractivity contribution in [1.29, 1.82) is 0 Å². The van der Waals surface area contributed by atoms with Crippen molar-refractivity contribution in [3.05, 3.63) is 30.3 Å². The Balaban J connectivity index is 1.68. The number of hydrogen-bond donors (Lipinski definition) is 2. The highest BCUT2D eigenvalue weighted by Gasteiger charge is 2.17. The van der Waals surface area contributed by atoms with Gasteiger partial charge in [-0.1, -0.05) is 18.2 Å². The van der Waals surface area contributed by atoms with Gasteiger partial charge in [-0.2, -0.15) is 0 Å². The van der Waals surface area contributed by atoms with Crippen molar-refractivity contribution >= 4 is 5.69 Å². The van der Waals surface area contributed by atoms with Gasteiger partial charge in [0.15, 0.2) is 0 Å². The standard InChI is InChI=1S/C14H23N3/c15-8-11-17-9-6-13(7-10-17)12-16-14-4-2-1-3-5-14/h1-5,13,16H,6-12,15H2. The highest BCUT2D eigenvalue weighted by Crippen LogP contribution is 2.17. The van der Waals surface area contributed by atoms with Gasteiger partial charge in [0.25, 0.3) is 0 Å². The predicted molar refractivity (Wildman–Crippen MR) is 73.2 cm³/mol. The van der Waals surface area contributed by atoms with E-state index in [1.54, 1.807) is 0 Å². The maximum absolute atomic E-state index is 5.57. The minimum atomic E-state index is 0.785. The Kier molecular flexibility index (Phi) is 4.83. The van der Waals surface area contributed by atoms with Gasteiger partial charge in [-0.15, -0.1) is 0 Å². The van der Waals surface area contributed by atoms with E-state index in [2.05, 4.69) is 40.5 Å². The van der Waals surface area contributed by atoms with E-state index in [0.717, 1.165) is 25.6 Å². The van der Waals surface area contributed by atoms with Gasteiger partial charge in [0.1, 0.15) is 0 Å². The van der Waals surface area contributed by atoms with Crippen LogP contribution in [0.2, 0.25) is 0 Å². The third-order valence-electron chi connectivity index (χ3n) is 3.52. The third-order valence-corrected chi connectivity index (χ3v) is 3.52. The van der Waals surface area contributed by atoms with Gasteiger partial charge >= 0.3 is 0 Å². The number of likely N-dealkylation sites (tertiary alicyclic amines) is 1. The fraction of sp³-hybridized carbons (Fsp3) is 0.571. The molecule has 1 aromatic rings. The van der Waals surface area contributed by atoms with E-state index in [4.69, 9.17) is 5.73 Å². The zero-order valence-electron chi connectivity index (χ0n) is 10.4. The van der Waals surface area contributed by atoms with E-state index in [1.165, 1.54) is 31.6 Å². The van der Waals surface area contributed by atoms with Crippen molar-refractivity contribution in [2.24, 2.45) is 11.7 Å². The summed E-state index contributed by atoms with van der Waals surface area (Å²) in [4.78, 5) is 2.47. The molecule has 94 valence electrons. The molecule has 0 spiro atoms. The number of nitrogens with zero attached hydrogens (tertiary/aromatic N) is 1. The first-order chi connectivity index (χ1) is 8.38. The molecule has 3 heteroatoms. The number of nitrogens with two attached hydrogens (primary N) is 1. The van der Waals surface area contributed by atoms with Crippen LogP contribution < -0.4 is 11.1 Å². The normalized spacial score (nSPS) is 18.2. The van der Waals surface area contributed by atoms with Crippen LogP contribution in [0.25, 0.3) is 0 Å². The average molecular weight is 233 g/mol. The van der Waals surface area contributed by atoms with Crippen molar-refractivity contribution in [1.82, 2.24) is 4.90 Å². The zero-order chi connectivity index (χ0) is 11.9. The summed E-state index contributed by atoms with van der Waals surface area (Å²) in [5.74, 6) is 0.809. The maximum Gasteiger partial charge on any atom is 0.0340 e. The van der Waals surface area contributed by atoms with Gasteiger partial charge < -0.3 is 16.0 Å². The molecular formula is C14H23N3. The van der Waals surface area contributed by atoms with Gasteiger partial charge in [0.05, 0.1) is 0 Å². The van der Waals surface area contributed by atoms with E-state index in [9.17, 15) is 0 Å². The first-order valence-corrected chi connectivity index (χ1v) is 6.60. The SMILES string of the molecule is NCCN1CCC(CNc2ccccc2)CC1. The van der Waals surface area contributed by atoms with Crippen LogP contribution in [0.5, 0.6) is 0 Å². The maximum atomic E-state index is 5.57. The van der Waals surface area contributed by atoms with Gasteiger partial charge in [-0.05, 0) is 44.0 Å². The Hall–Kier alpha value is -1.06. The fourth-order valence-corrected chi connectivity index (χ4v) is 2.41. The number of benzene rings is 1. The Bertz CT molecular complexity index is 305. The third kappa shape index (κ3) is 4.02. The smallest absolute Gasteiger partial charge is 0.0340 e. The Labute approximate surface area is 104 Å². The highest BCUT2D eigenvalue weighted by atomic mass is 15.1.